The van der Waals surface area contributed by atoms with Gasteiger partial charge in [0.1, 0.15) is 0 Å². The summed E-state index contributed by atoms with van der Waals surface area (Å²) < 4.78 is 0. The molecule has 0 aromatic heterocycles. The highest BCUT2D eigenvalue weighted by atomic mass is 16.2. The summed E-state index contributed by atoms with van der Waals surface area (Å²) >= 11 is 0. The van der Waals surface area contributed by atoms with Crippen LogP contribution in [0.5, 0.6) is 0 Å². The van der Waals surface area contributed by atoms with Gasteiger partial charge in [0, 0.05) is 26.2 Å². The third-order valence-corrected chi connectivity index (χ3v) is 4.80. The number of hydrogen-bond acceptors (Lipinski definition) is 3. The Morgan fingerprint density at radius 1 is 1.14 bits per heavy atom. The fourth-order valence-electron chi connectivity index (χ4n) is 3.28. The molecule has 2 amide bonds. The maximum atomic E-state index is 12.1. The minimum Gasteiger partial charge on any atom is -0.348 e. The number of nitrogens with zero attached hydrogens (tertiary/aromatic N) is 1. The van der Waals surface area contributed by atoms with Gasteiger partial charge >= 0.3 is 11.8 Å². The van der Waals surface area contributed by atoms with E-state index in [-0.39, 0.29) is 5.91 Å². The van der Waals surface area contributed by atoms with Crippen LogP contribution >= 0.6 is 0 Å². The van der Waals surface area contributed by atoms with E-state index in [1.54, 1.807) is 4.90 Å². The van der Waals surface area contributed by atoms with Gasteiger partial charge in [0.2, 0.25) is 0 Å². The first-order valence-corrected chi connectivity index (χ1v) is 8.44. The highest BCUT2D eigenvalue weighted by Gasteiger charge is 2.23. The van der Waals surface area contributed by atoms with Crippen LogP contribution in [-0.2, 0) is 9.59 Å². The van der Waals surface area contributed by atoms with Crippen LogP contribution in [0.15, 0.2) is 0 Å². The van der Waals surface area contributed by atoms with Gasteiger partial charge in [0.15, 0.2) is 0 Å². The Labute approximate surface area is 127 Å². The third-order valence-electron chi connectivity index (χ3n) is 4.80. The van der Waals surface area contributed by atoms with Crippen LogP contribution in [0.4, 0.5) is 0 Å². The van der Waals surface area contributed by atoms with E-state index in [0.717, 1.165) is 37.8 Å². The van der Waals surface area contributed by atoms with Crippen LogP contribution in [0.3, 0.4) is 0 Å². The molecule has 5 nitrogen and oxygen atoms in total. The molecule has 0 unspecified atom stereocenters. The topological polar surface area (TPSA) is 61.4 Å². The number of rotatable bonds is 3. The Morgan fingerprint density at radius 2 is 1.90 bits per heavy atom. The fourth-order valence-corrected chi connectivity index (χ4v) is 3.28. The van der Waals surface area contributed by atoms with Crippen LogP contribution in [-0.4, -0.2) is 49.4 Å². The Hall–Kier alpha value is -1.10. The first-order chi connectivity index (χ1) is 10.2. The molecule has 1 saturated carbocycles. The molecule has 0 radical (unpaired) electrons. The SMILES string of the molecule is CC1CCC(CCNC(=O)C(=O)N2CCCNCC2)CC1. The minimum absolute atomic E-state index is 0.365. The molecule has 2 aliphatic rings. The van der Waals surface area contributed by atoms with Crippen molar-refractivity contribution in [2.45, 2.75) is 45.4 Å². The molecule has 2 fully saturated rings. The molecule has 0 bridgehead atoms. The van der Waals surface area contributed by atoms with Crippen LogP contribution in [0, 0.1) is 11.8 Å². The molecule has 1 aliphatic heterocycles. The maximum absolute atomic E-state index is 12.1. The zero-order valence-electron chi connectivity index (χ0n) is 13.2. The molecule has 2 rings (SSSR count). The van der Waals surface area contributed by atoms with Crippen molar-refractivity contribution in [2.24, 2.45) is 11.8 Å². The molecule has 21 heavy (non-hydrogen) atoms. The quantitative estimate of drug-likeness (QED) is 0.768. The molecule has 0 aromatic carbocycles. The molecule has 1 heterocycles. The molecule has 0 atom stereocenters. The van der Waals surface area contributed by atoms with Crippen molar-refractivity contribution in [2.75, 3.05) is 32.7 Å². The second-order valence-corrected chi connectivity index (χ2v) is 6.57. The second-order valence-electron chi connectivity index (χ2n) is 6.57. The lowest BCUT2D eigenvalue weighted by Gasteiger charge is -2.26. The summed E-state index contributed by atoms with van der Waals surface area (Å²) in [4.78, 5) is 25.7. The van der Waals surface area contributed by atoms with Crippen LogP contribution in [0.2, 0.25) is 0 Å². The summed E-state index contributed by atoms with van der Waals surface area (Å²) in [5.41, 5.74) is 0. The lowest BCUT2D eigenvalue weighted by atomic mass is 9.81. The molecule has 1 saturated heterocycles. The zero-order valence-corrected chi connectivity index (χ0v) is 13.2. The highest BCUT2D eigenvalue weighted by molar-refractivity contribution is 6.35. The molecular formula is C16H29N3O2. The van der Waals surface area contributed by atoms with Crippen molar-refractivity contribution in [1.82, 2.24) is 15.5 Å². The summed E-state index contributed by atoms with van der Waals surface area (Å²) in [6.45, 7) is 5.96. The van der Waals surface area contributed by atoms with E-state index in [0.29, 0.717) is 19.6 Å². The Balaban J connectivity index is 1.65. The Bertz CT molecular complexity index is 343. The summed E-state index contributed by atoms with van der Waals surface area (Å²) in [6, 6.07) is 0. The predicted octanol–water partition coefficient (Wildman–Crippen LogP) is 1.14. The molecule has 0 aromatic rings. The summed E-state index contributed by atoms with van der Waals surface area (Å²) in [6.07, 6.45) is 7.06. The van der Waals surface area contributed by atoms with Gasteiger partial charge in [0.25, 0.3) is 0 Å². The van der Waals surface area contributed by atoms with Gasteiger partial charge in [0.05, 0.1) is 0 Å². The van der Waals surface area contributed by atoms with E-state index < -0.39 is 5.91 Å². The van der Waals surface area contributed by atoms with Crippen LogP contribution in [0.25, 0.3) is 0 Å². The van der Waals surface area contributed by atoms with Crippen molar-refractivity contribution in [3.63, 3.8) is 0 Å². The van der Waals surface area contributed by atoms with Gasteiger partial charge in [-0.15, -0.1) is 0 Å². The summed E-state index contributed by atoms with van der Waals surface area (Å²) in [5.74, 6) is 0.782. The number of hydrogen-bond donors (Lipinski definition) is 2. The molecular weight excluding hydrogens is 266 g/mol. The zero-order chi connectivity index (χ0) is 15.1. The Kier molecular flexibility index (Phi) is 6.49. The summed E-state index contributed by atoms with van der Waals surface area (Å²) in [5, 5.41) is 6.04. The van der Waals surface area contributed by atoms with Crippen LogP contribution in [0.1, 0.15) is 45.4 Å². The molecule has 120 valence electrons. The van der Waals surface area contributed by atoms with E-state index >= 15 is 0 Å². The lowest BCUT2D eigenvalue weighted by Crippen LogP contribution is -2.44. The number of carbonyl (C=O) groups excluding carboxylic acids is 2. The van der Waals surface area contributed by atoms with E-state index in [1.165, 1.54) is 25.7 Å². The second kappa shape index (κ2) is 8.37. The van der Waals surface area contributed by atoms with Crippen molar-refractivity contribution in [3.05, 3.63) is 0 Å². The van der Waals surface area contributed by atoms with Gasteiger partial charge in [-0.05, 0) is 31.2 Å². The maximum Gasteiger partial charge on any atom is 0.311 e. The van der Waals surface area contributed by atoms with Gasteiger partial charge in [-0.1, -0.05) is 32.6 Å². The number of amides is 2. The first kappa shape index (κ1) is 16.3. The Morgan fingerprint density at radius 3 is 2.67 bits per heavy atom. The normalized spacial score (nSPS) is 27.0. The lowest BCUT2D eigenvalue weighted by molar-refractivity contribution is -0.145. The molecule has 2 N–H and O–H groups in total. The summed E-state index contributed by atoms with van der Waals surface area (Å²) in [7, 11) is 0. The van der Waals surface area contributed by atoms with Crippen molar-refractivity contribution in [1.29, 1.82) is 0 Å². The molecule has 5 heteroatoms. The first-order valence-electron chi connectivity index (χ1n) is 8.44. The van der Waals surface area contributed by atoms with E-state index in [2.05, 4.69) is 17.6 Å². The van der Waals surface area contributed by atoms with E-state index in [4.69, 9.17) is 0 Å². The average molecular weight is 295 g/mol. The number of nitrogens with one attached hydrogen (secondary N) is 2. The molecule has 1 aliphatic carbocycles. The standard InChI is InChI=1S/C16H29N3O2/c1-13-3-5-14(6-4-13)7-9-18-15(20)16(21)19-11-2-8-17-10-12-19/h13-14,17H,2-12H2,1H3,(H,18,20). The predicted molar refractivity (Wildman–Crippen MR) is 82.8 cm³/mol. The van der Waals surface area contributed by atoms with Gasteiger partial charge in [-0.3, -0.25) is 9.59 Å². The molecule has 0 spiro atoms. The number of carbonyl (C=O) groups is 2. The highest BCUT2D eigenvalue weighted by Crippen LogP contribution is 2.29. The van der Waals surface area contributed by atoms with Crippen molar-refractivity contribution >= 4 is 11.8 Å². The van der Waals surface area contributed by atoms with Crippen molar-refractivity contribution < 1.29 is 9.59 Å². The van der Waals surface area contributed by atoms with E-state index in [1.807, 2.05) is 0 Å². The van der Waals surface area contributed by atoms with Crippen LogP contribution < -0.4 is 10.6 Å². The van der Waals surface area contributed by atoms with Gasteiger partial charge in [-0.2, -0.15) is 0 Å². The average Bonchev–Trinajstić information content (AvgIpc) is 2.77. The third kappa shape index (κ3) is 5.30. The van der Waals surface area contributed by atoms with Gasteiger partial charge in [-0.25, -0.2) is 0 Å². The smallest absolute Gasteiger partial charge is 0.311 e. The van der Waals surface area contributed by atoms with Gasteiger partial charge < -0.3 is 15.5 Å². The fraction of sp³-hybridized carbons (Fsp3) is 0.875. The monoisotopic (exact) mass is 295 g/mol. The minimum atomic E-state index is -0.430. The van der Waals surface area contributed by atoms with E-state index in [9.17, 15) is 9.59 Å². The largest absolute Gasteiger partial charge is 0.348 e. The van der Waals surface area contributed by atoms with Crippen molar-refractivity contribution in [3.8, 4) is 0 Å².